The molecule has 0 fully saturated rings. The smallest absolute Gasteiger partial charge is 0.0688 e. The van der Waals surface area contributed by atoms with Gasteiger partial charge in [-0.05, 0) is 27.7 Å². The van der Waals surface area contributed by atoms with E-state index in [9.17, 15) is 5.11 Å². The fourth-order valence-electron chi connectivity index (χ4n) is 1.05. The predicted octanol–water partition coefficient (Wildman–Crippen LogP) is 0.770. The van der Waals surface area contributed by atoms with E-state index in [0.717, 1.165) is 0 Å². The summed E-state index contributed by atoms with van der Waals surface area (Å²) in [7, 11) is 1.67. The Morgan fingerprint density at radius 2 is 1.92 bits per heavy atom. The number of aliphatic hydroxyl groups is 1. The maximum absolute atomic E-state index is 9.39. The van der Waals surface area contributed by atoms with Gasteiger partial charge in [-0.3, -0.25) is 0 Å². The molecule has 0 amide bonds. The molecule has 3 nitrogen and oxygen atoms in total. The van der Waals surface area contributed by atoms with Crippen LogP contribution in [0.3, 0.4) is 0 Å². The largest absolute Gasteiger partial charge is 0.392 e. The molecule has 3 heteroatoms. The molecule has 0 aromatic heterocycles. The average molecular weight is 175 g/mol. The van der Waals surface area contributed by atoms with Crippen molar-refractivity contribution >= 4 is 0 Å². The molecule has 0 aliphatic heterocycles. The minimum Gasteiger partial charge on any atom is -0.392 e. The molecule has 0 saturated heterocycles. The highest BCUT2D eigenvalue weighted by molar-refractivity contribution is 4.85. The number of aliphatic hydroxyl groups excluding tert-OH is 1. The number of methoxy groups -OCH3 is 1. The molecule has 0 rings (SSSR count). The first kappa shape index (κ1) is 11.9. The van der Waals surface area contributed by atoms with Crippen LogP contribution in [-0.2, 0) is 4.74 Å². The Morgan fingerprint density at radius 3 is 2.25 bits per heavy atom. The lowest BCUT2D eigenvalue weighted by molar-refractivity contribution is 0.0747. The van der Waals surface area contributed by atoms with Gasteiger partial charge in [-0.25, -0.2) is 0 Å². The molecule has 0 aromatic rings. The van der Waals surface area contributed by atoms with Crippen LogP contribution in [0.1, 0.15) is 27.7 Å². The zero-order valence-corrected chi connectivity index (χ0v) is 8.72. The fraction of sp³-hybridized carbons (Fsp3) is 1.00. The molecule has 0 aliphatic rings. The summed E-state index contributed by atoms with van der Waals surface area (Å²) in [4.78, 5) is 0. The Kier molecular flexibility index (Phi) is 4.75. The maximum Gasteiger partial charge on any atom is 0.0688 e. The number of ether oxygens (including phenoxy) is 1. The van der Waals surface area contributed by atoms with E-state index in [4.69, 9.17) is 4.74 Å². The summed E-state index contributed by atoms with van der Waals surface area (Å²) in [6, 6.07) is 0.264. The van der Waals surface area contributed by atoms with Crippen LogP contribution in [0.15, 0.2) is 0 Å². The standard InChI is InChI=1S/C9H21NO2/c1-7(6-12-5)10-9(3,4)8(2)11/h7-8,10-11H,6H2,1-5H3. The van der Waals surface area contributed by atoms with Crippen LogP contribution >= 0.6 is 0 Å². The van der Waals surface area contributed by atoms with Crippen LogP contribution in [0.2, 0.25) is 0 Å². The number of hydrogen-bond acceptors (Lipinski definition) is 3. The summed E-state index contributed by atoms with van der Waals surface area (Å²) in [6.45, 7) is 8.43. The van der Waals surface area contributed by atoms with E-state index in [1.807, 2.05) is 20.8 Å². The molecule has 0 aromatic carbocycles. The molecule has 0 aliphatic carbocycles. The summed E-state index contributed by atoms with van der Waals surface area (Å²) in [5.74, 6) is 0. The van der Waals surface area contributed by atoms with Crippen LogP contribution in [-0.4, -0.2) is 36.5 Å². The molecular formula is C9H21NO2. The van der Waals surface area contributed by atoms with Crippen molar-refractivity contribution in [3.63, 3.8) is 0 Å². The van der Waals surface area contributed by atoms with Gasteiger partial charge in [0.05, 0.1) is 12.7 Å². The van der Waals surface area contributed by atoms with E-state index in [0.29, 0.717) is 6.61 Å². The van der Waals surface area contributed by atoms with Gasteiger partial charge in [-0.15, -0.1) is 0 Å². The van der Waals surface area contributed by atoms with Crippen molar-refractivity contribution in [1.82, 2.24) is 5.32 Å². The van der Waals surface area contributed by atoms with E-state index in [2.05, 4.69) is 5.32 Å². The highest BCUT2D eigenvalue weighted by Crippen LogP contribution is 2.09. The lowest BCUT2D eigenvalue weighted by Gasteiger charge is -2.32. The van der Waals surface area contributed by atoms with E-state index in [1.165, 1.54) is 0 Å². The van der Waals surface area contributed by atoms with Gasteiger partial charge in [-0.2, -0.15) is 0 Å². The van der Waals surface area contributed by atoms with Crippen molar-refractivity contribution < 1.29 is 9.84 Å². The van der Waals surface area contributed by atoms with Gasteiger partial charge in [0.2, 0.25) is 0 Å². The summed E-state index contributed by atoms with van der Waals surface area (Å²) in [5, 5.41) is 12.7. The minimum absolute atomic E-state index is 0.252. The van der Waals surface area contributed by atoms with E-state index >= 15 is 0 Å². The quantitative estimate of drug-likeness (QED) is 0.648. The molecule has 2 unspecified atom stereocenters. The first-order valence-electron chi connectivity index (χ1n) is 4.35. The summed E-state index contributed by atoms with van der Waals surface area (Å²) in [6.07, 6.45) is -0.364. The van der Waals surface area contributed by atoms with E-state index in [1.54, 1.807) is 14.0 Å². The van der Waals surface area contributed by atoms with Crippen molar-refractivity contribution in [1.29, 1.82) is 0 Å². The van der Waals surface area contributed by atoms with Gasteiger partial charge in [0.15, 0.2) is 0 Å². The van der Waals surface area contributed by atoms with Gasteiger partial charge in [0.25, 0.3) is 0 Å². The normalized spacial score (nSPS) is 17.5. The Morgan fingerprint density at radius 1 is 1.42 bits per heavy atom. The molecule has 12 heavy (non-hydrogen) atoms. The monoisotopic (exact) mass is 175 g/mol. The molecule has 0 spiro atoms. The van der Waals surface area contributed by atoms with Crippen molar-refractivity contribution in [3.8, 4) is 0 Å². The Labute approximate surface area is 75.1 Å². The van der Waals surface area contributed by atoms with Gasteiger partial charge in [-0.1, -0.05) is 0 Å². The van der Waals surface area contributed by atoms with Crippen LogP contribution in [0.5, 0.6) is 0 Å². The fourth-order valence-corrected chi connectivity index (χ4v) is 1.05. The summed E-state index contributed by atoms with van der Waals surface area (Å²) in [5.41, 5.74) is -0.252. The Bertz CT molecular complexity index is 124. The highest BCUT2D eigenvalue weighted by atomic mass is 16.5. The van der Waals surface area contributed by atoms with Gasteiger partial charge >= 0.3 is 0 Å². The number of hydrogen-bond donors (Lipinski definition) is 2. The van der Waals surface area contributed by atoms with Crippen molar-refractivity contribution in [3.05, 3.63) is 0 Å². The van der Waals surface area contributed by atoms with Gasteiger partial charge < -0.3 is 15.2 Å². The van der Waals surface area contributed by atoms with Crippen LogP contribution in [0.25, 0.3) is 0 Å². The second-order valence-corrected chi connectivity index (χ2v) is 3.90. The lowest BCUT2D eigenvalue weighted by Crippen LogP contribution is -2.53. The summed E-state index contributed by atoms with van der Waals surface area (Å²) < 4.78 is 4.99. The maximum atomic E-state index is 9.39. The summed E-state index contributed by atoms with van der Waals surface area (Å²) >= 11 is 0. The molecule has 0 bridgehead atoms. The second-order valence-electron chi connectivity index (χ2n) is 3.90. The first-order chi connectivity index (χ1) is 5.40. The van der Waals surface area contributed by atoms with Crippen LogP contribution in [0.4, 0.5) is 0 Å². The third-order valence-corrected chi connectivity index (χ3v) is 2.08. The molecule has 74 valence electrons. The topological polar surface area (TPSA) is 41.5 Å². The lowest BCUT2D eigenvalue weighted by atomic mass is 9.98. The zero-order valence-electron chi connectivity index (χ0n) is 8.72. The predicted molar refractivity (Wildman–Crippen MR) is 50.2 cm³/mol. The molecule has 0 saturated carbocycles. The molecule has 0 heterocycles. The van der Waals surface area contributed by atoms with E-state index < -0.39 is 0 Å². The van der Waals surface area contributed by atoms with Gasteiger partial charge in [0, 0.05) is 18.7 Å². The molecular weight excluding hydrogens is 154 g/mol. The molecule has 2 atom stereocenters. The van der Waals surface area contributed by atoms with Crippen molar-refractivity contribution in [2.45, 2.75) is 45.4 Å². The second kappa shape index (κ2) is 4.80. The third kappa shape index (κ3) is 4.04. The van der Waals surface area contributed by atoms with E-state index in [-0.39, 0.29) is 17.7 Å². The Balaban J connectivity index is 3.88. The zero-order chi connectivity index (χ0) is 9.78. The van der Waals surface area contributed by atoms with Crippen molar-refractivity contribution in [2.75, 3.05) is 13.7 Å². The third-order valence-electron chi connectivity index (χ3n) is 2.08. The highest BCUT2D eigenvalue weighted by Gasteiger charge is 2.25. The number of rotatable bonds is 5. The van der Waals surface area contributed by atoms with Crippen molar-refractivity contribution in [2.24, 2.45) is 0 Å². The first-order valence-corrected chi connectivity index (χ1v) is 4.35. The average Bonchev–Trinajstić information content (AvgIpc) is 1.85. The molecule has 2 N–H and O–H groups in total. The number of nitrogens with one attached hydrogen (secondary N) is 1. The SMILES string of the molecule is COCC(C)NC(C)(C)C(C)O. The Hall–Kier alpha value is -0.120. The van der Waals surface area contributed by atoms with Crippen LogP contribution in [0, 0.1) is 0 Å². The molecule has 0 radical (unpaired) electrons. The van der Waals surface area contributed by atoms with Gasteiger partial charge in [0.1, 0.15) is 0 Å². The van der Waals surface area contributed by atoms with Crippen LogP contribution < -0.4 is 5.32 Å². The minimum atomic E-state index is -0.364.